The molecule has 1 aliphatic heterocycles. The van der Waals surface area contributed by atoms with Crippen LogP contribution in [-0.4, -0.2) is 17.4 Å². The topological polar surface area (TPSA) is 58.6 Å². The first-order chi connectivity index (χ1) is 12.2. The number of hydrazine groups is 1. The minimum absolute atomic E-state index is 0.0608. The fourth-order valence-electron chi connectivity index (χ4n) is 2.53. The molecule has 134 valence electrons. The predicted molar refractivity (Wildman–Crippen MR) is 105 cm³/mol. The number of nitrogens with zero attached hydrogens (tertiary/aromatic N) is 1. The molecule has 5 nitrogen and oxygen atoms in total. The van der Waals surface area contributed by atoms with E-state index in [1.54, 1.807) is 30.3 Å². The highest BCUT2D eigenvalue weighted by Crippen LogP contribution is 2.30. The molecular weight excluding hydrogens is 396 g/mol. The zero-order chi connectivity index (χ0) is 18.9. The second-order valence-electron chi connectivity index (χ2n) is 6.87. The van der Waals surface area contributed by atoms with E-state index in [4.69, 9.17) is 4.74 Å². The lowest BCUT2D eigenvalue weighted by molar-refractivity contribution is -0.117. The minimum atomic E-state index is -0.444. The molecule has 2 aromatic rings. The van der Waals surface area contributed by atoms with Crippen molar-refractivity contribution in [2.75, 3.05) is 5.01 Å². The van der Waals surface area contributed by atoms with Gasteiger partial charge in [-0.15, -0.1) is 0 Å². The third-order valence-electron chi connectivity index (χ3n) is 3.59. The molecule has 0 atom stereocenters. The third-order valence-corrected chi connectivity index (χ3v) is 4.09. The average molecular weight is 415 g/mol. The molecule has 0 bridgehead atoms. The van der Waals surface area contributed by atoms with Gasteiger partial charge in [-0.05, 0) is 57.2 Å². The Morgan fingerprint density at radius 2 is 1.77 bits per heavy atom. The highest BCUT2D eigenvalue weighted by atomic mass is 79.9. The summed E-state index contributed by atoms with van der Waals surface area (Å²) in [6.45, 7) is 5.82. The first-order valence-corrected chi connectivity index (χ1v) is 8.95. The number of anilines is 1. The minimum Gasteiger partial charge on any atom is -0.488 e. The summed E-state index contributed by atoms with van der Waals surface area (Å²) in [6.07, 6.45) is 1.56. The monoisotopic (exact) mass is 414 g/mol. The van der Waals surface area contributed by atoms with Crippen LogP contribution in [0.15, 0.2) is 58.6 Å². The van der Waals surface area contributed by atoms with Crippen molar-refractivity contribution >= 4 is 39.5 Å². The molecule has 2 aromatic carbocycles. The van der Waals surface area contributed by atoms with E-state index in [0.29, 0.717) is 17.0 Å². The predicted octanol–water partition coefficient (Wildman–Crippen LogP) is 4.09. The first-order valence-electron chi connectivity index (χ1n) is 8.15. The van der Waals surface area contributed by atoms with E-state index in [-0.39, 0.29) is 5.57 Å². The van der Waals surface area contributed by atoms with Crippen LogP contribution in [0.3, 0.4) is 0 Å². The van der Waals surface area contributed by atoms with Crippen LogP contribution >= 0.6 is 15.9 Å². The van der Waals surface area contributed by atoms with Crippen molar-refractivity contribution in [3.63, 3.8) is 0 Å². The average Bonchev–Trinajstić information content (AvgIpc) is 2.85. The van der Waals surface area contributed by atoms with Crippen LogP contribution in [0.1, 0.15) is 26.3 Å². The zero-order valence-electron chi connectivity index (χ0n) is 14.7. The number of carbonyl (C=O) groups is 2. The standard InChI is InChI=1S/C20H19BrN2O3/c1-20(2,3)26-17-10-9-14(21)11-13(17)12-16-18(24)22-23(19(16)25)15-7-5-4-6-8-15/h4-12H,1-3H3,(H,22,24)/b16-12-. The van der Waals surface area contributed by atoms with Gasteiger partial charge >= 0.3 is 0 Å². The number of benzene rings is 2. The van der Waals surface area contributed by atoms with Gasteiger partial charge in [0.1, 0.15) is 16.9 Å². The van der Waals surface area contributed by atoms with Gasteiger partial charge in [-0.2, -0.15) is 0 Å². The van der Waals surface area contributed by atoms with Gasteiger partial charge in [-0.3, -0.25) is 15.0 Å². The number of ether oxygens (including phenoxy) is 1. The van der Waals surface area contributed by atoms with Crippen molar-refractivity contribution in [2.24, 2.45) is 0 Å². The molecule has 0 radical (unpaired) electrons. The van der Waals surface area contributed by atoms with Crippen LogP contribution in [0.2, 0.25) is 0 Å². The number of hydrogen-bond acceptors (Lipinski definition) is 3. The molecule has 1 N–H and O–H groups in total. The van der Waals surface area contributed by atoms with Crippen LogP contribution in [0.5, 0.6) is 5.75 Å². The summed E-state index contributed by atoms with van der Waals surface area (Å²) in [5.74, 6) is -0.240. The van der Waals surface area contributed by atoms with Crippen molar-refractivity contribution in [3.05, 3.63) is 64.1 Å². The van der Waals surface area contributed by atoms with Crippen molar-refractivity contribution < 1.29 is 14.3 Å². The molecule has 2 amide bonds. The van der Waals surface area contributed by atoms with E-state index >= 15 is 0 Å². The Labute approximate surface area is 160 Å². The maximum atomic E-state index is 12.7. The number of nitrogens with one attached hydrogen (secondary N) is 1. The fourth-order valence-corrected chi connectivity index (χ4v) is 2.91. The summed E-state index contributed by atoms with van der Waals surface area (Å²) in [7, 11) is 0. The Morgan fingerprint density at radius 1 is 1.08 bits per heavy atom. The Morgan fingerprint density at radius 3 is 2.42 bits per heavy atom. The van der Waals surface area contributed by atoms with E-state index < -0.39 is 17.4 Å². The maximum absolute atomic E-state index is 12.7. The molecule has 0 spiro atoms. The van der Waals surface area contributed by atoms with Crippen LogP contribution in [-0.2, 0) is 9.59 Å². The molecular formula is C20H19BrN2O3. The summed E-state index contributed by atoms with van der Waals surface area (Å²) in [5.41, 5.74) is 3.52. The van der Waals surface area contributed by atoms with Gasteiger partial charge in [0.15, 0.2) is 0 Å². The van der Waals surface area contributed by atoms with Crippen molar-refractivity contribution in [2.45, 2.75) is 26.4 Å². The lowest BCUT2D eigenvalue weighted by atomic mass is 10.1. The summed E-state index contributed by atoms with van der Waals surface area (Å²) < 4.78 is 6.79. The second-order valence-corrected chi connectivity index (χ2v) is 7.79. The van der Waals surface area contributed by atoms with Crippen LogP contribution in [0, 0.1) is 0 Å². The van der Waals surface area contributed by atoms with Gasteiger partial charge in [-0.1, -0.05) is 34.1 Å². The summed E-state index contributed by atoms with van der Waals surface area (Å²) in [5, 5.41) is 1.25. The van der Waals surface area contributed by atoms with Gasteiger partial charge in [0.2, 0.25) is 0 Å². The molecule has 3 rings (SSSR count). The summed E-state index contributed by atoms with van der Waals surface area (Å²) in [6, 6.07) is 14.5. The first kappa shape index (κ1) is 18.2. The van der Waals surface area contributed by atoms with E-state index in [1.165, 1.54) is 5.01 Å². The van der Waals surface area contributed by atoms with E-state index in [9.17, 15) is 9.59 Å². The molecule has 0 unspecified atom stereocenters. The summed E-state index contributed by atoms with van der Waals surface area (Å²) in [4.78, 5) is 25.1. The fraction of sp³-hybridized carbons (Fsp3) is 0.200. The van der Waals surface area contributed by atoms with Crippen molar-refractivity contribution in [1.82, 2.24) is 5.43 Å². The van der Waals surface area contributed by atoms with Gasteiger partial charge in [0, 0.05) is 10.0 Å². The van der Waals surface area contributed by atoms with E-state index in [0.717, 1.165) is 4.47 Å². The Balaban J connectivity index is 1.99. The normalized spacial score (nSPS) is 16.2. The van der Waals surface area contributed by atoms with Gasteiger partial charge in [0.05, 0.1) is 5.69 Å². The van der Waals surface area contributed by atoms with E-state index in [2.05, 4.69) is 21.4 Å². The molecule has 6 heteroatoms. The Kier molecular flexibility index (Phi) is 4.87. The zero-order valence-corrected chi connectivity index (χ0v) is 16.3. The lowest BCUT2D eigenvalue weighted by Crippen LogP contribution is -2.35. The quantitative estimate of drug-likeness (QED) is 0.607. The second kappa shape index (κ2) is 6.96. The SMILES string of the molecule is CC(C)(C)Oc1ccc(Br)cc1/C=C1/C(=O)NN(c2ccccc2)C1=O. The molecule has 0 aromatic heterocycles. The number of carbonyl (C=O) groups excluding carboxylic acids is 2. The van der Waals surface area contributed by atoms with Crippen LogP contribution in [0.25, 0.3) is 6.08 Å². The molecule has 1 heterocycles. The van der Waals surface area contributed by atoms with E-state index in [1.807, 2.05) is 45.0 Å². The van der Waals surface area contributed by atoms with Gasteiger partial charge < -0.3 is 4.74 Å². The Bertz CT molecular complexity index is 886. The smallest absolute Gasteiger partial charge is 0.282 e. The number of halogens is 1. The number of rotatable bonds is 3. The molecule has 1 fully saturated rings. The molecule has 1 saturated heterocycles. The summed E-state index contributed by atoms with van der Waals surface area (Å²) >= 11 is 3.42. The van der Waals surface area contributed by atoms with Crippen molar-refractivity contribution in [3.8, 4) is 5.75 Å². The highest BCUT2D eigenvalue weighted by Gasteiger charge is 2.34. The van der Waals surface area contributed by atoms with Crippen molar-refractivity contribution in [1.29, 1.82) is 0 Å². The van der Waals surface area contributed by atoms with Gasteiger partial charge in [-0.25, -0.2) is 5.01 Å². The molecule has 26 heavy (non-hydrogen) atoms. The highest BCUT2D eigenvalue weighted by molar-refractivity contribution is 9.10. The molecule has 0 saturated carbocycles. The third kappa shape index (κ3) is 3.96. The van der Waals surface area contributed by atoms with Crippen LogP contribution < -0.4 is 15.2 Å². The number of para-hydroxylation sites is 1. The maximum Gasteiger partial charge on any atom is 0.282 e. The largest absolute Gasteiger partial charge is 0.488 e. The molecule has 1 aliphatic rings. The Hall–Kier alpha value is -2.60. The number of amides is 2. The van der Waals surface area contributed by atoms with Gasteiger partial charge in [0.25, 0.3) is 11.8 Å². The van der Waals surface area contributed by atoms with Crippen LogP contribution in [0.4, 0.5) is 5.69 Å². The molecule has 0 aliphatic carbocycles. The lowest BCUT2D eigenvalue weighted by Gasteiger charge is -2.22. The number of hydrogen-bond donors (Lipinski definition) is 1.